The zero-order valence-electron chi connectivity index (χ0n) is 24.7. The summed E-state index contributed by atoms with van der Waals surface area (Å²) in [5.41, 5.74) is 2.54. The first kappa shape index (κ1) is 34.1. The van der Waals surface area contributed by atoms with Crippen LogP contribution in [0.25, 0.3) is 0 Å². The molecule has 2 aromatic rings. The Balaban J connectivity index is 0.00000560. The molecular weight excluding hydrogens is 584 g/mol. The number of carbonyl (C=O) groups excluding carboxylic acids is 1. The number of carbonyl (C=O) groups is 1. The minimum Gasteiger partial charge on any atom is -0.493 e. The van der Waals surface area contributed by atoms with Gasteiger partial charge in [-0.25, -0.2) is 0 Å². The van der Waals surface area contributed by atoms with Gasteiger partial charge in [0.2, 0.25) is 0 Å². The van der Waals surface area contributed by atoms with Crippen LogP contribution < -0.4 is 14.8 Å². The van der Waals surface area contributed by atoms with Crippen LogP contribution in [0, 0.1) is 0 Å². The molecule has 1 amide bonds. The van der Waals surface area contributed by atoms with Crippen LogP contribution in [-0.2, 0) is 6.54 Å². The van der Waals surface area contributed by atoms with Gasteiger partial charge in [0, 0.05) is 24.0 Å². The molecule has 222 valence electrons. The van der Waals surface area contributed by atoms with Gasteiger partial charge < -0.3 is 19.7 Å². The molecular formula is C33H49BrN2O3S. The second-order valence-electron chi connectivity index (χ2n) is 10.5. The lowest BCUT2D eigenvalue weighted by Crippen LogP contribution is -2.13. The summed E-state index contributed by atoms with van der Waals surface area (Å²) in [6.45, 7) is 5.94. The van der Waals surface area contributed by atoms with Gasteiger partial charge in [0.1, 0.15) is 0 Å². The average Bonchev–Trinajstić information content (AvgIpc) is 3.36. The van der Waals surface area contributed by atoms with Crippen LogP contribution in [0.5, 0.6) is 11.5 Å². The molecule has 1 N–H and O–H groups in total. The second-order valence-corrected chi connectivity index (χ2v) is 11.7. The lowest BCUT2D eigenvalue weighted by molar-refractivity contribution is 0.102. The number of rotatable bonds is 19. The monoisotopic (exact) mass is 632 g/mol. The SMILES string of the molecule is Br.CCCCCCCCCCCCCCOc1ccc(C(=O)Nc2ccc(CN3C=C(C)SC3)cc2)cc1OC. The third-order valence-electron chi connectivity index (χ3n) is 7.10. The number of benzene rings is 2. The smallest absolute Gasteiger partial charge is 0.255 e. The molecule has 5 nitrogen and oxygen atoms in total. The first-order valence-corrected chi connectivity index (χ1v) is 15.8. The van der Waals surface area contributed by atoms with Crippen LogP contribution in [0.15, 0.2) is 53.6 Å². The van der Waals surface area contributed by atoms with E-state index in [9.17, 15) is 4.79 Å². The van der Waals surface area contributed by atoms with Gasteiger partial charge >= 0.3 is 0 Å². The van der Waals surface area contributed by atoms with E-state index in [1.54, 1.807) is 19.2 Å². The van der Waals surface area contributed by atoms with E-state index in [1.807, 2.05) is 30.0 Å². The molecule has 7 heteroatoms. The standard InChI is InChI=1S/C33H48N2O3S.BrH/c1-4-5-6-7-8-9-10-11-12-13-14-15-22-38-31-21-18-29(23-32(31)37-3)33(36)34-30-19-16-28(17-20-30)25-35-24-27(2)39-26-35;/h16-21,23-24H,4-15,22,25-26H2,1-3H3,(H,34,36);1H. The van der Waals surface area contributed by atoms with Gasteiger partial charge in [-0.3, -0.25) is 4.79 Å². The minimum absolute atomic E-state index is 0. The Bertz CT molecular complexity index is 1030. The lowest BCUT2D eigenvalue weighted by Gasteiger charge is -2.15. The number of amides is 1. The molecule has 1 aliphatic heterocycles. The molecule has 0 aliphatic carbocycles. The molecule has 0 atom stereocenters. The predicted octanol–water partition coefficient (Wildman–Crippen LogP) is 9.97. The lowest BCUT2D eigenvalue weighted by atomic mass is 10.1. The summed E-state index contributed by atoms with van der Waals surface area (Å²) in [5.74, 6) is 2.10. The summed E-state index contributed by atoms with van der Waals surface area (Å²) >= 11 is 1.86. The van der Waals surface area contributed by atoms with Crippen LogP contribution in [-0.4, -0.2) is 30.4 Å². The number of thioether (sulfide) groups is 1. The van der Waals surface area contributed by atoms with Crippen molar-refractivity contribution in [3.63, 3.8) is 0 Å². The van der Waals surface area contributed by atoms with Crippen molar-refractivity contribution in [1.82, 2.24) is 4.90 Å². The number of unbranched alkanes of at least 4 members (excludes halogenated alkanes) is 11. The quantitative estimate of drug-likeness (QED) is 0.156. The predicted molar refractivity (Wildman–Crippen MR) is 176 cm³/mol. The van der Waals surface area contributed by atoms with Crippen LogP contribution in [0.3, 0.4) is 0 Å². The van der Waals surface area contributed by atoms with Gasteiger partial charge in [0.05, 0.1) is 19.6 Å². The van der Waals surface area contributed by atoms with E-state index < -0.39 is 0 Å². The molecule has 1 aliphatic rings. The van der Waals surface area contributed by atoms with E-state index in [2.05, 4.69) is 42.4 Å². The zero-order valence-corrected chi connectivity index (χ0v) is 27.2. The fraction of sp³-hybridized carbons (Fsp3) is 0.545. The highest BCUT2D eigenvalue weighted by atomic mass is 79.9. The molecule has 40 heavy (non-hydrogen) atoms. The first-order valence-electron chi connectivity index (χ1n) is 14.9. The van der Waals surface area contributed by atoms with Crippen molar-refractivity contribution >= 4 is 40.3 Å². The van der Waals surface area contributed by atoms with Crippen LogP contribution in [0.1, 0.15) is 107 Å². The van der Waals surface area contributed by atoms with Crippen molar-refractivity contribution < 1.29 is 14.3 Å². The summed E-state index contributed by atoms with van der Waals surface area (Å²) < 4.78 is 11.5. The third kappa shape index (κ3) is 12.6. The van der Waals surface area contributed by atoms with Gasteiger partial charge in [-0.2, -0.15) is 0 Å². The topological polar surface area (TPSA) is 50.8 Å². The fourth-order valence-electron chi connectivity index (χ4n) is 4.79. The van der Waals surface area contributed by atoms with Crippen LogP contribution in [0.4, 0.5) is 5.69 Å². The molecule has 1 heterocycles. The van der Waals surface area contributed by atoms with E-state index >= 15 is 0 Å². The zero-order chi connectivity index (χ0) is 27.7. The molecule has 0 fully saturated rings. The Labute approximate surface area is 257 Å². The van der Waals surface area contributed by atoms with E-state index in [1.165, 1.54) is 81.1 Å². The minimum atomic E-state index is -0.164. The molecule has 0 bridgehead atoms. The number of nitrogens with one attached hydrogen (secondary N) is 1. The maximum atomic E-state index is 12.9. The van der Waals surface area contributed by atoms with Gasteiger partial charge in [-0.15, -0.1) is 28.7 Å². The second kappa shape index (κ2) is 19.9. The number of allylic oxidation sites excluding steroid dienone is 1. The summed E-state index contributed by atoms with van der Waals surface area (Å²) in [6, 6.07) is 13.4. The number of hydrogen-bond acceptors (Lipinski definition) is 5. The molecule has 0 saturated heterocycles. The Hall–Kier alpha value is -2.12. The van der Waals surface area contributed by atoms with Gasteiger partial charge in [0.25, 0.3) is 5.91 Å². The van der Waals surface area contributed by atoms with E-state index in [4.69, 9.17) is 9.47 Å². The van der Waals surface area contributed by atoms with Crippen LogP contribution in [0.2, 0.25) is 0 Å². The fourth-order valence-corrected chi connectivity index (χ4v) is 5.55. The average molecular weight is 634 g/mol. The van der Waals surface area contributed by atoms with E-state index in [0.717, 1.165) is 24.5 Å². The number of anilines is 1. The van der Waals surface area contributed by atoms with Gasteiger partial charge in [-0.05, 0) is 54.1 Å². The largest absolute Gasteiger partial charge is 0.493 e. The number of nitrogens with zero attached hydrogens (tertiary/aromatic N) is 1. The van der Waals surface area contributed by atoms with Crippen molar-refractivity contribution in [2.75, 3.05) is 24.9 Å². The Kier molecular flexibility index (Phi) is 16.9. The summed E-state index contributed by atoms with van der Waals surface area (Å²) in [6.07, 6.45) is 18.0. The molecule has 0 saturated carbocycles. The van der Waals surface area contributed by atoms with E-state index in [0.29, 0.717) is 23.7 Å². The molecule has 2 aromatic carbocycles. The highest BCUT2D eigenvalue weighted by Gasteiger charge is 2.13. The number of ether oxygens (including phenoxy) is 2. The number of hydrogen-bond donors (Lipinski definition) is 1. The third-order valence-corrected chi connectivity index (χ3v) is 8.12. The Morgan fingerprint density at radius 1 is 0.875 bits per heavy atom. The van der Waals surface area contributed by atoms with Crippen molar-refractivity contribution in [3.05, 3.63) is 64.7 Å². The Morgan fingerprint density at radius 2 is 1.50 bits per heavy atom. The maximum absolute atomic E-state index is 12.9. The van der Waals surface area contributed by atoms with Crippen molar-refractivity contribution in [3.8, 4) is 11.5 Å². The van der Waals surface area contributed by atoms with Crippen LogP contribution >= 0.6 is 28.7 Å². The number of methoxy groups -OCH3 is 1. The van der Waals surface area contributed by atoms with Gasteiger partial charge in [-0.1, -0.05) is 89.7 Å². The maximum Gasteiger partial charge on any atom is 0.255 e. The first-order chi connectivity index (χ1) is 19.1. The molecule has 0 radical (unpaired) electrons. The van der Waals surface area contributed by atoms with Crippen molar-refractivity contribution in [2.24, 2.45) is 0 Å². The molecule has 0 unspecified atom stereocenters. The molecule has 0 spiro atoms. The number of halogens is 1. The van der Waals surface area contributed by atoms with Crippen molar-refractivity contribution in [1.29, 1.82) is 0 Å². The van der Waals surface area contributed by atoms with Crippen molar-refractivity contribution in [2.45, 2.75) is 97.4 Å². The normalized spacial score (nSPS) is 12.6. The van der Waals surface area contributed by atoms with Gasteiger partial charge in [0.15, 0.2) is 11.5 Å². The molecule has 3 rings (SSSR count). The summed E-state index contributed by atoms with van der Waals surface area (Å²) in [5, 5.41) is 2.99. The summed E-state index contributed by atoms with van der Waals surface area (Å²) in [7, 11) is 1.61. The Morgan fingerprint density at radius 3 is 2.08 bits per heavy atom. The highest BCUT2D eigenvalue weighted by molar-refractivity contribution is 8.93. The molecule has 0 aromatic heterocycles. The highest BCUT2D eigenvalue weighted by Crippen LogP contribution is 2.29. The summed E-state index contributed by atoms with van der Waals surface area (Å²) in [4.78, 5) is 16.5. The van der Waals surface area contributed by atoms with E-state index in [-0.39, 0.29) is 22.9 Å².